The normalized spacial score (nSPS) is 12.8. The standard InChI is InChI=1S/C27H29O2P/c1-21(2)26(29)27(3,4)25(28)20-30(22-14-8-5-9-15-22,23-16-10-6-11-17-23)24-18-12-7-13-19-24/h5-21H,1-4H3. The molecule has 0 aliphatic heterocycles. The second-order valence-corrected chi connectivity index (χ2v) is 11.6. The van der Waals surface area contributed by atoms with Gasteiger partial charge in [-0.15, -0.1) is 0 Å². The zero-order chi connectivity index (χ0) is 21.8. The van der Waals surface area contributed by atoms with Crippen molar-refractivity contribution >= 4 is 29.0 Å². The van der Waals surface area contributed by atoms with Crippen molar-refractivity contribution in [3.63, 3.8) is 0 Å². The lowest BCUT2D eigenvalue weighted by Gasteiger charge is -2.34. The summed E-state index contributed by atoms with van der Waals surface area (Å²) in [6.45, 7) is 7.21. The summed E-state index contributed by atoms with van der Waals surface area (Å²) in [4.78, 5) is 12.9. The molecule has 0 unspecified atom stereocenters. The smallest absolute Gasteiger partial charge is 0.144 e. The van der Waals surface area contributed by atoms with Crippen LogP contribution in [0.25, 0.3) is 0 Å². The van der Waals surface area contributed by atoms with Crippen molar-refractivity contribution < 1.29 is 9.90 Å². The molecule has 0 saturated carbocycles. The highest BCUT2D eigenvalue weighted by atomic mass is 31.2. The predicted octanol–water partition coefficient (Wildman–Crippen LogP) is 4.43. The molecule has 0 heterocycles. The molecule has 0 spiro atoms. The summed E-state index contributed by atoms with van der Waals surface area (Å²) in [7, 11) is -2.40. The van der Waals surface area contributed by atoms with E-state index in [0.29, 0.717) is 0 Å². The zero-order valence-electron chi connectivity index (χ0n) is 18.1. The lowest BCUT2D eigenvalue weighted by Crippen LogP contribution is -2.37. The molecule has 0 fully saturated rings. The fraction of sp³-hybridized carbons (Fsp3) is 0.222. The molecular formula is C27H29O2P. The quantitative estimate of drug-likeness (QED) is 0.422. The predicted molar refractivity (Wildman–Crippen MR) is 127 cm³/mol. The van der Waals surface area contributed by atoms with E-state index in [-0.39, 0.29) is 17.5 Å². The van der Waals surface area contributed by atoms with E-state index in [1.165, 1.54) is 0 Å². The van der Waals surface area contributed by atoms with Gasteiger partial charge in [0.2, 0.25) is 0 Å². The maximum Gasteiger partial charge on any atom is 0.144 e. The third-order valence-electron chi connectivity index (χ3n) is 5.56. The van der Waals surface area contributed by atoms with Crippen molar-refractivity contribution in [2.75, 3.05) is 0 Å². The van der Waals surface area contributed by atoms with Crippen molar-refractivity contribution in [3.8, 4) is 0 Å². The first-order valence-electron chi connectivity index (χ1n) is 10.3. The number of rotatable bonds is 7. The van der Waals surface area contributed by atoms with Crippen molar-refractivity contribution in [3.05, 3.63) is 103 Å². The highest BCUT2D eigenvalue weighted by molar-refractivity contribution is 7.98. The summed E-state index contributed by atoms with van der Waals surface area (Å²) in [6, 6.07) is 30.6. The van der Waals surface area contributed by atoms with Crippen LogP contribution in [0.3, 0.4) is 0 Å². The lowest BCUT2D eigenvalue weighted by atomic mass is 9.81. The minimum Gasteiger partial charge on any atom is -0.873 e. The van der Waals surface area contributed by atoms with Crippen LogP contribution < -0.4 is 21.0 Å². The number of hydrogen-bond donors (Lipinski definition) is 0. The van der Waals surface area contributed by atoms with E-state index in [0.717, 1.165) is 15.9 Å². The Labute approximate surface area is 180 Å². The van der Waals surface area contributed by atoms with Gasteiger partial charge in [-0.1, -0.05) is 74.2 Å². The number of carbonyl (C=O) groups is 1. The van der Waals surface area contributed by atoms with E-state index in [1.54, 1.807) is 13.8 Å². The van der Waals surface area contributed by atoms with Crippen molar-refractivity contribution in [2.45, 2.75) is 27.7 Å². The van der Waals surface area contributed by atoms with Crippen LogP contribution in [0.15, 0.2) is 103 Å². The molecule has 0 radical (unpaired) electrons. The van der Waals surface area contributed by atoms with Crippen LogP contribution in [0.2, 0.25) is 0 Å². The second-order valence-electron chi connectivity index (χ2n) is 8.37. The van der Waals surface area contributed by atoms with Crippen LogP contribution in [0, 0.1) is 11.3 Å². The Balaban J connectivity index is 2.36. The number of hydrogen-bond acceptors (Lipinski definition) is 2. The van der Waals surface area contributed by atoms with Gasteiger partial charge in [-0.05, 0) is 50.2 Å². The molecule has 2 nitrogen and oxygen atoms in total. The Morgan fingerprint density at radius 1 is 0.767 bits per heavy atom. The van der Waals surface area contributed by atoms with Crippen LogP contribution in [0.1, 0.15) is 27.7 Å². The highest BCUT2D eigenvalue weighted by Gasteiger charge is 2.44. The van der Waals surface area contributed by atoms with E-state index >= 15 is 0 Å². The van der Waals surface area contributed by atoms with Gasteiger partial charge in [-0.2, -0.15) is 0 Å². The molecule has 0 amide bonds. The number of benzene rings is 3. The molecule has 0 aromatic heterocycles. The number of allylic oxidation sites excluding steroid dienone is 1. The fourth-order valence-electron chi connectivity index (χ4n) is 3.84. The molecule has 0 bridgehead atoms. The maximum absolute atomic E-state index is 13.7. The molecule has 154 valence electrons. The summed E-state index contributed by atoms with van der Waals surface area (Å²) in [6.07, 6.45) is 0. The molecule has 0 atom stereocenters. The van der Waals surface area contributed by atoms with E-state index in [1.807, 2.05) is 74.3 Å². The molecule has 0 N–H and O–H groups in total. The molecule has 3 rings (SSSR count). The van der Waals surface area contributed by atoms with Gasteiger partial charge in [-0.3, -0.25) is 4.79 Å². The topological polar surface area (TPSA) is 40.1 Å². The van der Waals surface area contributed by atoms with E-state index in [9.17, 15) is 9.90 Å². The minimum absolute atomic E-state index is 0.0314. The van der Waals surface area contributed by atoms with Gasteiger partial charge in [0.1, 0.15) is 29.0 Å². The maximum atomic E-state index is 13.7. The second kappa shape index (κ2) is 8.98. The molecule has 0 saturated heterocycles. The van der Waals surface area contributed by atoms with Gasteiger partial charge in [0, 0.05) is 11.3 Å². The SMILES string of the molecule is CC(C)C(=O)C(C)(C)C([O-])=C[P+](c1ccccc1)(c1ccccc1)c1ccccc1. The average Bonchev–Trinajstić information content (AvgIpc) is 2.78. The van der Waals surface area contributed by atoms with Gasteiger partial charge in [0.05, 0.1) is 5.82 Å². The summed E-state index contributed by atoms with van der Waals surface area (Å²) >= 11 is 0. The molecule has 3 aromatic rings. The molecule has 0 aliphatic rings. The van der Waals surface area contributed by atoms with Gasteiger partial charge in [0.15, 0.2) is 0 Å². The Hall–Kier alpha value is -2.70. The first-order valence-corrected chi connectivity index (χ1v) is 12.2. The number of ketones is 1. The van der Waals surface area contributed by atoms with Crippen LogP contribution >= 0.6 is 7.26 Å². The average molecular weight is 417 g/mol. The first-order chi connectivity index (χ1) is 14.3. The molecule has 0 aliphatic carbocycles. The lowest BCUT2D eigenvalue weighted by molar-refractivity contribution is -0.320. The van der Waals surface area contributed by atoms with E-state index < -0.39 is 12.7 Å². The summed E-state index contributed by atoms with van der Waals surface area (Å²) in [5, 5.41) is 17.0. The largest absolute Gasteiger partial charge is 0.873 e. The summed E-state index contributed by atoms with van der Waals surface area (Å²) < 4.78 is 0. The zero-order valence-corrected chi connectivity index (χ0v) is 19.0. The highest BCUT2D eigenvalue weighted by Crippen LogP contribution is 2.58. The van der Waals surface area contributed by atoms with Crippen molar-refractivity contribution in [1.29, 1.82) is 0 Å². The number of Topliss-reactive ketones (excluding diaryl/α,β-unsaturated/α-hetero) is 1. The molecular weight excluding hydrogens is 387 g/mol. The van der Waals surface area contributed by atoms with Gasteiger partial charge >= 0.3 is 0 Å². The monoisotopic (exact) mass is 416 g/mol. The third kappa shape index (κ3) is 4.11. The van der Waals surface area contributed by atoms with Gasteiger partial charge in [0.25, 0.3) is 0 Å². The Kier molecular flexibility index (Phi) is 6.58. The summed E-state index contributed by atoms with van der Waals surface area (Å²) in [5.74, 6) is 1.52. The van der Waals surface area contributed by atoms with E-state index in [4.69, 9.17) is 0 Å². The van der Waals surface area contributed by atoms with Crippen molar-refractivity contribution in [1.82, 2.24) is 0 Å². The van der Waals surface area contributed by atoms with Crippen molar-refractivity contribution in [2.24, 2.45) is 11.3 Å². The Morgan fingerprint density at radius 3 is 1.40 bits per heavy atom. The molecule has 30 heavy (non-hydrogen) atoms. The number of carbonyl (C=O) groups excluding carboxylic acids is 1. The van der Waals surface area contributed by atoms with Crippen LogP contribution in [0.4, 0.5) is 0 Å². The van der Waals surface area contributed by atoms with E-state index in [2.05, 4.69) is 36.4 Å². The molecule has 3 heteroatoms. The Morgan fingerprint density at radius 2 is 1.10 bits per heavy atom. The van der Waals surface area contributed by atoms with Crippen LogP contribution in [-0.4, -0.2) is 5.78 Å². The minimum atomic E-state index is -2.40. The van der Waals surface area contributed by atoms with Gasteiger partial charge < -0.3 is 5.11 Å². The van der Waals surface area contributed by atoms with Crippen LogP contribution in [-0.2, 0) is 4.79 Å². The summed E-state index contributed by atoms with van der Waals surface area (Å²) in [5.41, 5.74) is -1.07. The van der Waals surface area contributed by atoms with Gasteiger partial charge in [-0.25, -0.2) is 0 Å². The Bertz CT molecular complexity index is 910. The molecule has 3 aromatic carbocycles. The third-order valence-corrected chi connectivity index (χ3v) is 9.52. The van der Waals surface area contributed by atoms with Crippen LogP contribution in [0.5, 0.6) is 0 Å². The first kappa shape index (κ1) is 22.0. The fourth-order valence-corrected chi connectivity index (χ4v) is 7.78.